The maximum atomic E-state index is 12.4. The van der Waals surface area contributed by atoms with Crippen molar-refractivity contribution in [3.05, 3.63) is 72.1 Å². The predicted octanol–water partition coefficient (Wildman–Crippen LogP) is 3.75. The van der Waals surface area contributed by atoms with Crippen LogP contribution in [0.3, 0.4) is 0 Å². The van der Waals surface area contributed by atoms with E-state index in [1.54, 1.807) is 18.0 Å². The van der Waals surface area contributed by atoms with Crippen molar-refractivity contribution in [1.29, 1.82) is 0 Å². The monoisotopic (exact) mass is 481 g/mol. The van der Waals surface area contributed by atoms with Crippen LogP contribution in [-0.2, 0) is 29.1 Å². The lowest BCUT2D eigenvalue weighted by Gasteiger charge is -2.40. The van der Waals surface area contributed by atoms with Gasteiger partial charge in [-0.3, -0.25) is 13.5 Å². The van der Waals surface area contributed by atoms with Crippen LogP contribution < -0.4 is 9.62 Å². The van der Waals surface area contributed by atoms with Crippen LogP contribution >= 0.6 is 0 Å². The topological polar surface area (TPSA) is 97.8 Å². The fourth-order valence-electron chi connectivity index (χ4n) is 4.43. The highest BCUT2D eigenvalue weighted by molar-refractivity contribution is 7.80. The predicted molar refractivity (Wildman–Crippen MR) is 132 cm³/mol. The molecule has 1 aliphatic rings. The molecule has 0 radical (unpaired) electrons. The highest BCUT2D eigenvalue weighted by Gasteiger charge is 2.29. The molecule has 1 unspecified atom stereocenters. The van der Waals surface area contributed by atoms with E-state index in [4.69, 9.17) is 4.74 Å². The van der Waals surface area contributed by atoms with E-state index in [1.165, 1.54) is 4.31 Å². The minimum absolute atomic E-state index is 0.220. The summed E-state index contributed by atoms with van der Waals surface area (Å²) in [6.07, 6.45) is 4.35. The first-order valence-electron chi connectivity index (χ1n) is 11.5. The number of fused-ring (bicyclic) bond motifs is 1. The third-order valence-electron chi connectivity index (χ3n) is 6.08. The number of rotatable bonds is 8. The summed E-state index contributed by atoms with van der Waals surface area (Å²) in [7, 11) is 0. The fourth-order valence-corrected chi connectivity index (χ4v) is 5.21. The first-order valence-corrected chi connectivity index (χ1v) is 12.5. The molecule has 0 spiro atoms. The SMILES string of the molecule is CCOC(=O)N1CCC(N(c2ccc(CNCc3cccnc3)c3ccccc23)S(=O)[O-])CC1. The molecular formula is C25H29N4O4S-. The largest absolute Gasteiger partial charge is 0.755 e. The summed E-state index contributed by atoms with van der Waals surface area (Å²) in [5.74, 6) is 0. The van der Waals surface area contributed by atoms with Crippen LogP contribution in [0.15, 0.2) is 60.9 Å². The van der Waals surface area contributed by atoms with Gasteiger partial charge in [0.25, 0.3) is 0 Å². The molecule has 1 N–H and O–H groups in total. The van der Waals surface area contributed by atoms with Gasteiger partial charge in [-0.2, -0.15) is 0 Å². The van der Waals surface area contributed by atoms with E-state index in [1.807, 2.05) is 54.7 Å². The quantitative estimate of drug-likeness (QED) is 0.492. The van der Waals surface area contributed by atoms with Crippen molar-refractivity contribution in [2.45, 2.75) is 38.9 Å². The molecule has 0 bridgehead atoms. The van der Waals surface area contributed by atoms with E-state index >= 15 is 0 Å². The Balaban J connectivity index is 1.53. The van der Waals surface area contributed by atoms with Crippen LogP contribution in [0, 0.1) is 0 Å². The van der Waals surface area contributed by atoms with Crippen LogP contribution in [0.2, 0.25) is 0 Å². The zero-order chi connectivity index (χ0) is 23.9. The molecule has 2 aromatic carbocycles. The normalized spacial score (nSPS) is 15.3. The summed E-state index contributed by atoms with van der Waals surface area (Å²) in [5.41, 5.74) is 2.86. The summed E-state index contributed by atoms with van der Waals surface area (Å²) in [6.45, 7) is 4.37. The molecule has 2 heterocycles. The maximum Gasteiger partial charge on any atom is 0.409 e. The summed E-state index contributed by atoms with van der Waals surface area (Å²) in [4.78, 5) is 17.8. The number of anilines is 1. The highest BCUT2D eigenvalue weighted by Crippen LogP contribution is 2.33. The van der Waals surface area contributed by atoms with Crippen LogP contribution in [0.4, 0.5) is 10.5 Å². The van der Waals surface area contributed by atoms with Gasteiger partial charge in [-0.25, -0.2) is 4.79 Å². The van der Waals surface area contributed by atoms with Crippen molar-refractivity contribution < 1.29 is 18.3 Å². The van der Waals surface area contributed by atoms with Crippen molar-refractivity contribution in [2.75, 3.05) is 24.0 Å². The number of aromatic nitrogens is 1. The fraction of sp³-hybridized carbons (Fsp3) is 0.360. The average Bonchev–Trinajstić information content (AvgIpc) is 2.86. The summed E-state index contributed by atoms with van der Waals surface area (Å²) < 4.78 is 31.3. The molecule has 1 amide bonds. The first kappa shape index (κ1) is 24.1. The van der Waals surface area contributed by atoms with Crippen molar-refractivity contribution in [3.8, 4) is 0 Å². The number of piperidine rings is 1. The standard InChI is InChI=1S/C25H30N4O4S/c1-2-33-25(30)28-14-11-21(12-15-28)29(34(31)32)24-10-9-20(22-7-3-4-8-23(22)24)18-27-17-19-6-5-13-26-16-19/h3-10,13,16,21,27H,2,11-12,14-15,17-18H2,1H3,(H,31,32)/p-1. The van der Waals surface area contributed by atoms with E-state index in [-0.39, 0.29) is 12.1 Å². The number of hydrogen-bond acceptors (Lipinski definition) is 6. The average molecular weight is 482 g/mol. The number of benzene rings is 2. The third-order valence-corrected chi connectivity index (χ3v) is 6.89. The molecule has 3 aromatic rings. The molecule has 9 heteroatoms. The number of carbonyl (C=O) groups excluding carboxylic acids is 1. The van der Waals surface area contributed by atoms with Crippen molar-refractivity contribution >= 4 is 33.8 Å². The van der Waals surface area contributed by atoms with E-state index in [9.17, 15) is 13.6 Å². The zero-order valence-corrected chi connectivity index (χ0v) is 20.0. The highest BCUT2D eigenvalue weighted by atomic mass is 32.2. The minimum Gasteiger partial charge on any atom is -0.755 e. The number of ether oxygens (including phenoxy) is 1. The number of hydrogen-bond donors (Lipinski definition) is 1. The Morgan fingerprint density at radius 1 is 1.15 bits per heavy atom. The lowest BCUT2D eigenvalue weighted by molar-refractivity contribution is 0.0976. The molecule has 4 rings (SSSR count). The molecule has 0 saturated carbocycles. The number of likely N-dealkylation sites (tertiary alicyclic amines) is 1. The second-order valence-electron chi connectivity index (χ2n) is 8.21. The summed E-state index contributed by atoms with van der Waals surface area (Å²) in [6, 6.07) is 15.5. The van der Waals surface area contributed by atoms with Gasteiger partial charge in [0.05, 0.1) is 12.3 Å². The number of carbonyl (C=O) groups is 1. The smallest absolute Gasteiger partial charge is 0.409 e. The summed E-state index contributed by atoms with van der Waals surface area (Å²) >= 11 is -2.44. The number of nitrogens with one attached hydrogen (secondary N) is 1. The number of pyridine rings is 1. The van der Waals surface area contributed by atoms with Crippen molar-refractivity contribution in [3.63, 3.8) is 0 Å². The molecule has 34 heavy (non-hydrogen) atoms. The maximum absolute atomic E-state index is 12.4. The van der Waals surface area contributed by atoms with Gasteiger partial charge in [0, 0.05) is 61.3 Å². The van der Waals surface area contributed by atoms with Crippen LogP contribution in [0.5, 0.6) is 0 Å². The summed E-state index contributed by atoms with van der Waals surface area (Å²) in [5, 5.41) is 5.35. The Morgan fingerprint density at radius 3 is 2.59 bits per heavy atom. The van der Waals surface area contributed by atoms with Crippen LogP contribution in [-0.4, -0.2) is 50.5 Å². The second kappa shape index (κ2) is 11.4. The Hall–Kier alpha value is -3.01. The second-order valence-corrected chi connectivity index (χ2v) is 9.04. The molecule has 1 saturated heterocycles. The Kier molecular flexibility index (Phi) is 8.10. The van der Waals surface area contributed by atoms with Crippen molar-refractivity contribution in [2.24, 2.45) is 0 Å². The van der Waals surface area contributed by atoms with Gasteiger partial charge in [0.15, 0.2) is 0 Å². The van der Waals surface area contributed by atoms with E-state index in [0.29, 0.717) is 51.3 Å². The molecule has 8 nitrogen and oxygen atoms in total. The minimum atomic E-state index is -2.44. The van der Waals surface area contributed by atoms with Gasteiger partial charge < -0.3 is 19.5 Å². The van der Waals surface area contributed by atoms with Gasteiger partial charge in [-0.05, 0) is 48.4 Å². The first-order chi connectivity index (χ1) is 16.6. The Bertz CT molecular complexity index is 1140. The molecule has 1 fully saturated rings. The van der Waals surface area contributed by atoms with Gasteiger partial charge in [0.2, 0.25) is 0 Å². The number of amides is 1. The lowest BCUT2D eigenvalue weighted by Crippen LogP contribution is -2.47. The number of nitrogens with zero attached hydrogens (tertiary/aromatic N) is 3. The van der Waals surface area contributed by atoms with E-state index in [2.05, 4.69) is 10.3 Å². The van der Waals surface area contributed by atoms with Gasteiger partial charge >= 0.3 is 6.09 Å². The van der Waals surface area contributed by atoms with Gasteiger partial charge in [-0.1, -0.05) is 36.4 Å². The van der Waals surface area contributed by atoms with E-state index in [0.717, 1.165) is 21.9 Å². The van der Waals surface area contributed by atoms with Crippen molar-refractivity contribution in [1.82, 2.24) is 15.2 Å². The molecule has 1 aromatic heterocycles. The van der Waals surface area contributed by atoms with Crippen LogP contribution in [0.25, 0.3) is 10.8 Å². The van der Waals surface area contributed by atoms with Gasteiger partial charge in [0.1, 0.15) is 0 Å². The molecule has 1 aliphatic heterocycles. The third kappa shape index (κ3) is 5.55. The molecule has 1 atom stereocenters. The van der Waals surface area contributed by atoms with E-state index < -0.39 is 11.3 Å². The molecule has 180 valence electrons. The Labute approximate surface area is 202 Å². The molecule has 0 aliphatic carbocycles. The molecular weight excluding hydrogens is 452 g/mol. The lowest BCUT2D eigenvalue weighted by atomic mass is 10.00. The zero-order valence-electron chi connectivity index (χ0n) is 19.2. The van der Waals surface area contributed by atoms with Crippen LogP contribution in [0.1, 0.15) is 30.9 Å². The Morgan fingerprint density at radius 2 is 1.91 bits per heavy atom. The van der Waals surface area contributed by atoms with Gasteiger partial charge in [-0.15, -0.1) is 0 Å².